The van der Waals surface area contributed by atoms with Gasteiger partial charge in [0.25, 0.3) is 0 Å². The molecule has 2 aromatic carbocycles. The van der Waals surface area contributed by atoms with Crippen LogP contribution in [0.2, 0.25) is 0 Å². The van der Waals surface area contributed by atoms with Crippen LogP contribution in [0.3, 0.4) is 0 Å². The molecule has 1 nitrogen and oxygen atoms in total. The van der Waals surface area contributed by atoms with Crippen molar-refractivity contribution in [1.82, 2.24) is 4.90 Å². The van der Waals surface area contributed by atoms with Crippen LogP contribution < -0.4 is 0 Å². The summed E-state index contributed by atoms with van der Waals surface area (Å²) in [6.45, 7) is 3.27. The van der Waals surface area contributed by atoms with Crippen LogP contribution in [-0.2, 0) is 13.1 Å². The molecule has 0 saturated heterocycles. The van der Waals surface area contributed by atoms with E-state index in [1.165, 1.54) is 43.4 Å². The molecule has 2 aromatic rings. The lowest BCUT2D eigenvalue weighted by Crippen LogP contribution is -2.30. The minimum atomic E-state index is 0.765. The molecule has 0 spiro atoms. The summed E-state index contributed by atoms with van der Waals surface area (Å²) in [5, 5.41) is 0. The average Bonchev–Trinajstić information content (AvgIpc) is 2.57. The van der Waals surface area contributed by atoms with Crippen LogP contribution in [-0.4, -0.2) is 11.4 Å². The Balaban J connectivity index is 1.66. The van der Waals surface area contributed by atoms with Gasteiger partial charge in [-0.15, -0.1) is 0 Å². The minimum Gasteiger partial charge on any atom is -0.295 e. The second-order valence-corrected chi connectivity index (χ2v) is 6.42. The summed E-state index contributed by atoms with van der Waals surface area (Å²) in [6.07, 6.45) is 7.99. The first-order valence-electron chi connectivity index (χ1n) is 8.54. The van der Waals surface area contributed by atoms with Gasteiger partial charge in [0.2, 0.25) is 0 Å². The normalized spacial score (nSPS) is 16.0. The molecule has 22 heavy (non-hydrogen) atoms. The molecule has 1 aliphatic carbocycles. The molecule has 0 N–H and O–H groups in total. The van der Waals surface area contributed by atoms with E-state index in [1.54, 1.807) is 0 Å². The fraction of sp³-hybridized carbons (Fsp3) is 0.381. The molecule has 1 fully saturated rings. The molecule has 3 rings (SSSR count). The second kappa shape index (κ2) is 8.14. The highest BCUT2D eigenvalue weighted by Gasteiger charge is 2.18. The van der Waals surface area contributed by atoms with Gasteiger partial charge in [-0.05, 0) is 36.3 Å². The molecule has 1 atom stereocenters. The lowest BCUT2D eigenvalue weighted by Gasteiger charge is -2.29. The van der Waals surface area contributed by atoms with Crippen LogP contribution in [0.1, 0.15) is 36.8 Å². The molecule has 1 saturated carbocycles. The lowest BCUT2D eigenvalue weighted by molar-refractivity contribution is 0.210. The molecule has 0 amide bonds. The number of rotatable bonds is 6. The van der Waals surface area contributed by atoms with Crippen LogP contribution >= 0.6 is 0 Å². The SMILES string of the molecule is [CH]1CCCCC1CN(Cc1ccccc1)Cc1ccccc1. The fourth-order valence-corrected chi connectivity index (χ4v) is 3.39. The summed E-state index contributed by atoms with van der Waals surface area (Å²) >= 11 is 0. The topological polar surface area (TPSA) is 3.24 Å². The molecule has 1 aliphatic rings. The van der Waals surface area contributed by atoms with Gasteiger partial charge in [-0.25, -0.2) is 0 Å². The van der Waals surface area contributed by atoms with E-state index < -0.39 is 0 Å². The molecule has 0 aromatic heterocycles. The zero-order valence-electron chi connectivity index (χ0n) is 13.3. The molecule has 115 valence electrons. The molecule has 0 aliphatic heterocycles. The van der Waals surface area contributed by atoms with Crippen LogP contribution in [0.15, 0.2) is 60.7 Å². The van der Waals surface area contributed by atoms with Crippen LogP contribution in [0, 0.1) is 12.3 Å². The maximum absolute atomic E-state index is 2.61. The second-order valence-electron chi connectivity index (χ2n) is 6.42. The Hall–Kier alpha value is -1.60. The fourth-order valence-electron chi connectivity index (χ4n) is 3.39. The van der Waals surface area contributed by atoms with Gasteiger partial charge in [-0.2, -0.15) is 0 Å². The van der Waals surface area contributed by atoms with E-state index in [9.17, 15) is 0 Å². The molecule has 1 unspecified atom stereocenters. The van der Waals surface area contributed by atoms with E-state index in [4.69, 9.17) is 0 Å². The molecule has 0 heterocycles. The zero-order chi connectivity index (χ0) is 15.0. The van der Waals surface area contributed by atoms with E-state index in [0.29, 0.717) is 0 Å². The Morgan fingerprint density at radius 2 is 1.36 bits per heavy atom. The Morgan fingerprint density at radius 3 is 1.86 bits per heavy atom. The molecule has 1 radical (unpaired) electrons. The smallest absolute Gasteiger partial charge is 0.0237 e. The van der Waals surface area contributed by atoms with Gasteiger partial charge >= 0.3 is 0 Å². The van der Waals surface area contributed by atoms with Crippen molar-refractivity contribution in [2.45, 2.75) is 38.8 Å². The number of benzene rings is 2. The third-order valence-corrected chi connectivity index (χ3v) is 4.52. The first-order chi connectivity index (χ1) is 10.9. The number of hydrogen-bond donors (Lipinski definition) is 0. The van der Waals surface area contributed by atoms with Gasteiger partial charge in [0.15, 0.2) is 0 Å². The standard InChI is InChI=1S/C21H26N/c1-4-10-19(11-5-1)16-22(17-20-12-6-2-7-13-20)18-21-14-8-3-9-15-21/h1-2,4-7,10-14,21H,3,8-9,15-18H2. The van der Waals surface area contributed by atoms with Gasteiger partial charge in [0.05, 0.1) is 0 Å². The third-order valence-electron chi connectivity index (χ3n) is 4.52. The summed E-state index contributed by atoms with van der Waals surface area (Å²) in [5.74, 6) is 0.765. The predicted molar refractivity (Wildman–Crippen MR) is 93.3 cm³/mol. The van der Waals surface area contributed by atoms with Crippen molar-refractivity contribution in [3.05, 3.63) is 78.2 Å². The monoisotopic (exact) mass is 292 g/mol. The van der Waals surface area contributed by atoms with Gasteiger partial charge in [0.1, 0.15) is 0 Å². The lowest BCUT2D eigenvalue weighted by atomic mass is 9.89. The maximum Gasteiger partial charge on any atom is 0.0237 e. The zero-order valence-corrected chi connectivity index (χ0v) is 13.3. The third kappa shape index (κ3) is 4.71. The first kappa shape index (κ1) is 15.3. The highest BCUT2D eigenvalue weighted by atomic mass is 15.1. The molecule has 0 bridgehead atoms. The first-order valence-corrected chi connectivity index (χ1v) is 8.54. The van der Waals surface area contributed by atoms with Gasteiger partial charge in [0, 0.05) is 19.6 Å². The summed E-state index contributed by atoms with van der Waals surface area (Å²) < 4.78 is 0. The van der Waals surface area contributed by atoms with Gasteiger partial charge in [-0.1, -0.05) is 73.5 Å². The van der Waals surface area contributed by atoms with E-state index in [2.05, 4.69) is 72.0 Å². The van der Waals surface area contributed by atoms with E-state index in [-0.39, 0.29) is 0 Å². The predicted octanol–water partition coefficient (Wildman–Crippen LogP) is 5.08. The molecular weight excluding hydrogens is 266 g/mol. The number of hydrogen-bond acceptors (Lipinski definition) is 1. The summed E-state index contributed by atoms with van der Waals surface area (Å²) in [6, 6.07) is 21.7. The Bertz CT molecular complexity index is 487. The number of nitrogens with zero attached hydrogens (tertiary/aromatic N) is 1. The summed E-state index contributed by atoms with van der Waals surface area (Å²) in [4.78, 5) is 2.61. The largest absolute Gasteiger partial charge is 0.295 e. The van der Waals surface area contributed by atoms with Gasteiger partial charge in [-0.3, -0.25) is 4.90 Å². The van der Waals surface area contributed by atoms with Crippen molar-refractivity contribution >= 4 is 0 Å². The molecular formula is C21H26N. The van der Waals surface area contributed by atoms with E-state index >= 15 is 0 Å². The van der Waals surface area contributed by atoms with Crippen LogP contribution in [0.5, 0.6) is 0 Å². The average molecular weight is 292 g/mol. The summed E-state index contributed by atoms with van der Waals surface area (Å²) in [5.41, 5.74) is 2.82. The van der Waals surface area contributed by atoms with E-state index in [0.717, 1.165) is 19.0 Å². The summed E-state index contributed by atoms with van der Waals surface area (Å²) in [7, 11) is 0. The van der Waals surface area contributed by atoms with Crippen molar-refractivity contribution in [2.24, 2.45) is 5.92 Å². The highest BCUT2D eigenvalue weighted by molar-refractivity contribution is 5.17. The highest BCUT2D eigenvalue weighted by Crippen LogP contribution is 2.24. The quantitative estimate of drug-likeness (QED) is 0.717. The van der Waals surface area contributed by atoms with Gasteiger partial charge < -0.3 is 0 Å². The van der Waals surface area contributed by atoms with Crippen molar-refractivity contribution in [1.29, 1.82) is 0 Å². The van der Waals surface area contributed by atoms with Crippen LogP contribution in [0.4, 0.5) is 0 Å². The molecule has 1 heteroatoms. The maximum atomic E-state index is 2.61. The Kier molecular flexibility index (Phi) is 5.66. The van der Waals surface area contributed by atoms with Crippen molar-refractivity contribution in [3.8, 4) is 0 Å². The van der Waals surface area contributed by atoms with Crippen molar-refractivity contribution in [2.75, 3.05) is 6.54 Å². The Morgan fingerprint density at radius 1 is 0.773 bits per heavy atom. The van der Waals surface area contributed by atoms with E-state index in [1.807, 2.05) is 0 Å². The van der Waals surface area contributed by atoms with Crippen molar-refractivity contribution < 1.29 is 0 Å². The minimum absolute atomic E-state index is 0.765. The Labute approximate surface area is 135 Å². The van der Waals surface area contributed by atoms with Crippen LogP contribution in [0.25, 0.3) is 0 Å². The van der Waals surface area contributed by atoms with Crippen molar-refractivity contribution in [3.63, 3.8) is 0 Å².